The van der Waals surface area contributed by atoms with E-state index in [4.69, 9.17) is 19.2 Å². The summed E-state index contributed by atoms with van der Waals surface area (Å²) >= 11 is 0. The summed E-state index contributed by atoms with van der Waals surface area (Å²) in [5.41, 5.74) is 4.87. The summed E-state index contributed by atoms with van der Waals surface area (Å²) in [6, 6.07) is 4.77. The molecule has 5 heterocycles. The predicted octanol–water partition coefficient (Wildman–Crippen LogP) is 4.37. The van der Waals surface area contributed by atoms with Gasteiger partial charge in [0, 0.05) is 60.8 Å². The summed E-state index contributed by atoms with van der Waals surface area (Å²) in [6.45, 7) is 14.1. The van der Waals surface area contributed by atoms with Crippen LogP contribution in [0.15, 0.2) is 41.3 Å². The largest absolute Gasteiger partial charge is 0.481 e. The quantitative estimate of drug-likeness (QED) is 0.564. The van der Waals surface area contributed by atoms with Crippen molar-refractivity contribution in [3.05, 3.63) is 52.6 Å². The zero-order valence-corrected chi connectivity index (χ0v) is 25.2. The number of nitrogens with one attached hydrogen (secondary N) is 1. The molecule has 1 aromatic rings. The van der Waals surface area contributed by atoms with E-state index in [2.05, 4.69) is 52.4 Å². The van der Waals surface area contributed by atoms with Gasteiger partial charge in [0.1, 0.15) is 17.8 Å². The summed E-state index contributed by atoms with van der Waals surface area (Å²) in [5, 5.41) is 13.8. The Labute approximate surface area is 248 Å². The topological polar surface area (TPSA) is 103 Å². The fraction of sp³-hybridized carbons (Fsp3) is 0.594. The lowest BCUT2D eigenvalue weighted by Crippen LogP contribution is -2.62. The maximum absolute atomic E-state index is 12.4. The molecule has 0 radical (unpaired) electrons. The van der Waals surface area contributed by atoms with Crippen molar-refractivity contribution in [3.63, 3.8) is 0 Å². The SMILES string of the molecule is C[C@H]1Oc2c(cc(C3CCN(C4CN(C(=O)OC(C)(C)C)C4)CC3)nc2C#N)NC2=CCC=CC(N3CCOCC3)=C21. The highest BCUT2D eigenvalue weighted by molar-refractivity contribution is 5.70. The van der Waals surface area contributed by atoms with Gasteiger partial charge in [0.15, 0.2) is 11.4 Å². The van der Waals surface area contributed by atoms with E-state index in [1.165, 1.54) is 0 Å². The average molecular weight is 575 g/mol. The first-order valence-corrected chi connectivity index (χ1v) is 15.2. The molecule has 3 fully saturated rings. The van der Waals surface area contributed by atoms with E-state index < -0.39 is 5.60 Å². The Morgan fingerprint density at radius 2 is 1.90 bits per heavy atom. The van der Waals surface area contributed by atoms with Gasteiger partial charge in [0.2, 0.25) is 0 Å². The van der Waals surface area contributed by atoms with Crippen LogP contribution in [-0.2, 0) is 9.47 Å². The Morgan fingerprint density at radius 1 is 1.17 bits per heavy atom. The second-order valence-electron chi connectivity index (χ2n) is 12.8. The highest BCUT2D eigenvalue weighted by Crippen LogP contribution is 2.41. The second-order valence-corrected chi connectivity index (χ2v) is 12.8. The van der Waals surface area contributed by atoms with Crippen LogP contribution in [0.2, 0.25) is 0 Å². The fourth-order valence-electron chi connectivity index (χ4n) is 6.48. The second kappa shape index (κ2) is 11.6. The lowest BCUT2D eigenvalue weighted by Gasteiger charge is -2.47. The normalized spacial score (nSPS) is 23.8. The standard InChI is InChI=1S/C32H42N6O4/c1-21-29-24(7-5-6-8-28(29)37-13-15-40-16-14-37)34-26-17-25(35-27(18-33)30(26)41-21)22-9-11-36(12-10-22)23-19-38(20-23)31(39)42-32(2,3)4/h6-8,17,21-23,34H,5,9-16,19-20H2,1-4H3/t21-/m1/s1. The number of rotatable bonds is 3. The molecule has 0 aromatic carbocycles. The number of allylic oxidation sites excluding steroid dienone is 3. The molecule has 42 heavy (non-hydrogen) atoms. The van der Waals surface area contributed by atoms with Crippen molar-refractivity contribution in [2.24, 2.45) is 0 Å². The summed E-state index contributed by atoms with van der Waals surface area (Å²) in [6.07, 6.45) is 8.83. The molecule has 10 heteroatoms. The third kappa shape index (κ3) is 5.86. The van der Waals surface area contributed by atoms with Crippen molar-refractivity contribution < 1.29 is 19.0 Å². The molecule has 3 saturated heterocycles. The van der Waals surface area contributed by atoms with Crippen LogP contribution in [0.3, 0.4) is 0 Å². The number of aromatic nitrogens is 1. The monoisotopic (exact) mass is 574 g/mol. The first kappa shape index (κ1) is 28.6. The number of hydrogen-bond acceptors (Lipinski definition) is 9. The first-order valence-electron chi connectivity index (χ1n) is 15.2. The number of morpholine rings is 1. The van der Waals surface area contributed by atoms with E-state index in [0.29, 0.717) is 43.8 Å². The molecule has 5 aliphatic rings. The van der Waals surface area contributed by atoms with Crippen molar-refractivity contribution in [2.75, 3.05) is 57.8 Å². The Balaban J connectivity index is 1.16. The van der Waals surface area contributed by atoms with Crippen molar-refractivity contribution in [3.8, 4) is 11.8 Å². The Kier molecular flexibility index (Phi) is 7.90. The fourth-order valence-corrected chi connectivity index (χ4v) is 6.48. The van der Waals surface area contributed by atoms with Crippen molar-refractivity contribution in [1.82, 2.24) is 19.7 Å². The van der Waals surface area contributed by atoms with Gasteiger partial charge in [-0.2, -0.15) is 5.26 Å². The molecule has 1 aliphatic carbocycles. The molecule has 6 rings (SSSR count). The summed E-state index contributed by atoms with van der Waals surface area (Å²) < 4.78 is 17.6. The van der Waals surface area contributed by atoms with Crippen molar-refractivity contribution in [1.29, 1.82) is 5.26 Å². The van der Waals surface area contributed by atoms with Gasteiger partial charge in [0.25, 0.3) is 0 Å². The third-order valence-electron chi connectivity index (χ3n) is 8.70. The number of carbonyl (C=O) groups excluding carboxylic acids is 1. The minimum Gasteiger partial charge on any atom is -0.481 e. The molecule has 1 N–H and O–H groups in total. The zero-order valence-electron chi connectivity index (χ0n) is 25.2. The molecule has 1 aromatic heterocycles. The number of hydrogen-bond donors (Lipinski definition) is 1. The number of anilines is 1. The van der Waals surface area contributed by atoms with Gasteiger partial charge in [-0.05, 0) is 72.2 Å². The molecular formula is C32H42N6O4. The minimum absolute atomic E-state index is 0.231. The summed E-state index contributed by atoms with van der Waals surface area (Å²) in [4.78, 5) is 23.8. The van der Waals surface area contributed by atoms with Crippen LogP contribution in [0, 0.1) is 11.3 Å². The summed E-state index contributed by atoms with van der Waals surface area (Å²) in [5.74, 6) is 0.779. The maximum atomic E-state index is 12.4. The molecule has 0 spiro atoms. The number of nitriles is 1. The molecule has 10 nitrogen and oxygen atoms in total. The van der Waals surface area contributed by atoms with E-state index in [1.54, 1.807) is 4.90 Å². The number of piperidine rings is 1. The van der Waals surface area contributed by atoms with Gasteiger partial charge in [-0.25, -0.2) is 9.78 Å². The van der Waals surface area contributed by atoms with E-state index in [0.717, 1.165) is 73.8 Å². The highest BCUT2D eigenvalue weighted by Gasteiger charge is 2.39. The Bertz CT molecular complexity index is 1340. The third-order valence-corrected chi connectivity index (χ3v) is 8.70. The van der Waals surface area contributed by atoms with Gasteiger partial charge >= 0.3 is 6.09 Å². The molecule has 0 saturated carbocycles. The maximum Gasteiger partial charge on any atom is 0.410 e. The van der Waals surface area contributed by atoms with Gasteiger partial charge in [0.05, 0.1) is 18.9 Å². The van der Waals surface area contributed by atoms with Crippen LogP contribution in [0.5, 0.6) is 5.75 Å². The smallest absolute Gasteiger partial charge is 0.410 e. The van der Waals surface area contributed by atoms with Gasteiger partial charge in [-0.3, -0.25) is 4.90 Å². The number of carbonyl (C=O) groups is 1. The Morgan fingerprint density at radius 3 is 2.60 bits per heavy atom. The Hall–Kier alpha value is -3.55. The predicted molar refractivity (Wildman–Crippen MR) is 159 cm³/mol. The highest BCUT2D eigenvalue weighted by atomic mass is 16.6. The van der Waals surface area contributed by atoms with E-state index in [1.807, 2.05) is 20.8 Å². The first-order chi connectivity index (χ1) is 20.2. The number of likely N-dealkylation sites (tertiary alicyclic amines) is 2. The molecule has 0 unspecified atom stereocenters. The molecule has 224 valence electrons. The van der Waals surface area contributed by atoms with Crippen LogP contribution in [0.1, 0.15) is 64.3 Å². The van der Waals surface area contributed by atoms with E-state index in [9.17, 15) is 10.1 Å². The van der Waals surface area contributed by atoms with Crippen LogP contribution >= 0.6 is 0 Å². The van der Waals surface area contributed by atoms with Gasteiger partial charge in [-0.15, -0.1) is 0 Å². The molecular weight excluding hydrogens is 532 g/mol. The van der Waals surface area contributed by atoms with Crippen molar-refractivity contribution in [2.45, 2.75) is 70.6 Å². The number of pyridine rings is 1. The van der Waals surface area contributed by atoms with Crippen LogP contribution in [-0.4, -0.2) is 96.0 Å². The lowest BCUT2D eigenvalue weighted by atomic mass is 9.90. The number of amides is 1. The van der Waals surface area contributed by atoms with E-state index >= 15 is 0 Å². The lowest BCUT2D eigenvalue weighted by molar-refractivity contribution is -0.0197. The summed E-state index contributed by atoms with van der Waals surface area (Å²) in [7, 11) is 0. The molecule has 0 bridgehead atoms. The molecule has 1 amide bonds. The zero-order chi connectivity index (χ0) is 29.4. The van der Waals surface area contributed by atoms with Gasteiger partial charge < -0.3 is 29.3 Å². The van der Waals surface area contributed by atoms with Gasteiger partial charge in [-0.1, -0.05) is 12.2 Å². The number of fused-ring (bicyclic) bond motifs is 2. The van der Waals surface area contributed by atoms with E-state index in [-0.39, 0.29) is 18.1 Å². The van der Waals surface area contributed by atoms with Crippen LogP contribution in [0.25, 0.3) is 0 Å². The number of ether oxygens (including phenoxy) is 3. The minimum atomic E-state index is -0.478. The number of nitrogens with zero attached hydrogens (tertiary/aromatic N) is 5. The molecule has 4 aliphatic heterocycles. The average Bonchev–Trinajstić information content (AvgIpc) is 3.22. The van der Waals surface area contributed by atoms with Crippen LogP contribution < -0.4 is 10.1 Å². The van der Waals surface area contributed by atoms with Crippen LogP contribution in [0.4, 0.5) is 10.5 Å². The van der Waals surface area contributed by atoms with Crippen molar-refractivity contribution >= 4 is 11.8 Å². The molecule has 1 atom stereocenters.